The molecule has 0 spiro atoms. The Hall–Kier alpha value is -2.18. The third-order valence-electron chi connectivity index (χ3n) is 2.56. The normalized spacial score (nSPS) is 11.1. The predicted octanol–water partition coefficient (Wildman–Crippen LogP) is 1.53. The number of likely N-dealkylation sites (N-methyl/N-ethyl adjacent to an activating group) is 1. The lowest BCUT2D eigenvalue weighted by Crippen LogP contribution is -2.46. The van der Waals surface area contributed by atoms with Crippen LogP contribution in [0.4, 0.5) is 14.5 Å². The Morgan fingerprint density at radius 2 is 1.81 bits per heavy atom. The molecule has 0 aromatic heterocycles. The second-order valence-electron chi connectivity index (χ2n) is 5.81. The molecule has 116 valence electrons. The molecule has 0 unspecified atom stereocenters. The van der Waals surface area contributed by atoms with Crippen LogP contribution in [0.5, 0.6) is 0 Å². The fourth-order valence-electron chi connectivity index (χ4n) is 1.68. The summed E-state index contributed by atoms with van der Waals surface area (Å²) in [6.45, 7) is 5.15. The third-order valence-corrected chi connectivity index (χ3v) is 2.56. The van der Waals surface area contributed by atoms with E-state index in [-0.39, 0.29) is 23.7 Å². The maximum atomic E-state index is 13.6. The first-order valence-electron chi connectivity index (χ1n) is 6.32. The molecule has 7 heteroatoms. The summed E-state index contributed by atoms with van der Waals surface area (Å²) in [6, 6.07) is 1.47. The van der Waals surface area contributed by atoms with E-state index in [0.717, 1.165) is 11.0 Å². The third kappa shape index (κ3) is 4.70. The number of hydrogen-bond donors (Lipinski definition) is 2. The highest BCUT2D eigenvalue weighted by atomic mass is 19.1. The Kier molecular flexibility index (Phi) is 4.88. The lowest BCUT2D eigenvalue weighted by Gasteiger charge is -2.23. The van der Waals surface area contributed by atoms with Crippen LogP contribution in [0.25, 0.3) is 0 Å². The standard InChI is InChI=1S/C14H19F2N3O2/c1-14(2,3)18-12(20)7-19(4)13(21)8-5-11(17)10(16)6-9(8)15/h5-6H,7,17H2,1-4H3,(H,18,20). The molecule has 0 atom stereocenters. The van der Waals surface area contributed by atoms with Gasteiger partial charge in [-0.3, -0.25) is 9.59 Å². The molecule has 0 fully saturated rings. The number of anilines is 1. The number of amides is 2. The minimum absolute atomic E-state index is 0.243. The molecule has 1 aromatic carbocycles. The van der Waals surface area contributed by atoms with Crippen LogP contribution in [0.15, 0.2) is 12.1 Å². The topological polar surface area (TPSA) is 75.4 Å². The summed E-state index contributed by atoms with van der Waals surface area (Å²) in [5.41, 5.74) is 4.18. The van der Waals surface area contributed by atoms with Gasteiger partial charge in [0.05, 0.1) is 17.8 Å². The van der Waals surface area contributed by atoms with Gasteiger partial charge in [0.1, 0.15) is 11.6 Å². The first kappa shape index (κ1) is 16.9. The zero-order chi connectivity index (χ0) is 16.4. The van der Waals surface area contributed by atoms with E-state index in [0.29, 0.717) is 6.07 Å². The van der Waals surface area contributed by atoms with Crippen LogP contribution >= 0.6 is 0 Å². The van der Waals surface area contributed by atoms with Crippen molar-refractivity contribution in [3.05, 3.63) is 29.3 Å². The summed E-state index contributed by atoms with van der Waals surface area (Å²) in [4.78, 5) is 24.8. The van der Waals surface area contributed by atoms with Gasteiger partial charge in [-0.2, -0.15) is 0 Å². The van der Waals surface area contributed by atoms with E-state index >= 15 is 0 Å². The van der Waals surface area contributed by atoms with Crippen LogP contribution in [0.1, 0.15) is 31.1 Å². The van der Waals surface area contributed by atoms with Gasteiger partial charge in [-0.15, -0.1) is 0 Å². The number of halogens is 2. The summed E-state index contributed by atoms with van der Waals surface area (Å²) in [5.74, 6) is -3.08. The summed E-state index contributed by atoms with van der Waals surface area (Å²) in [5, 5.41) is 2.68. The van der Waals surface area contributed by atoms with E-state index in [9.17, 15) is 18.4 Å². The van der Waals surface area contributed by atoms with E-state index in [1.165, 1.54) is 7.05 Å². The van der Waals surface area contributed by atoms with Crippen LogP contribution < -0.4 is 11.1 Å². The fourth-order valence-corrected chi connectivity index (χ4v) is 1.68. The zero-order valence-electron chi connectivity index (χ0n) is 12.5. The van der Waals surface area contributed by atoms with Gasteiger partial charge in [0.2, 0.25) is 5.91 Å². The van der Waals surface area contributed by atoms with E-state index in [4.69, 9.17) is 5.73 Å². The number of hydrogen-bond acceptors (Lipinski definition) is 3. The van der Waals surface area contributed by atoms with Crippen molar-refractivity contribution in [2.24, 2.45) is 0 Å². The maximum absolute atomic E-state index is 13.6. The molecule has 0 aliphatic carbocycles. The second kappa shape index (κ2) is 6.07. The molecule has 0 aliphatic rings. The first-order chi connectivity index (χ1) is 9.51. The molecule has 1 rings (SSSR count). The number of benzene rings is 1. The highest BCUT2D eigenvalue weighted by Crippen LogP contribution is 2.18. The average molecular weight is 299 g/mol. The smallest absolute Gasteiger partial charge is 0.257 e. The van der Waals surface area contributed by atoms with E-state index < -0.39 is 23.1 Å². The minimum atomic E-state index is -1.02. The molecule has 1 aromatic rings. The van der Waals surface area contributed by atoms with Crippen LogP contribution in [0.3, 0.4) is 0 Å². The van der Waals surface area contributed by atoms with Gasteiger partial charge < -0.3 is 16.0 Å². The van der Waals surface area contributed by atoms with Crippen LogP contribution in [0, 0.1) is 11.6 Å². The SMILES string of the molecule is CN(CC(=O)NC(C)(C)C)C(=O)c1cc(N)c(F)cc1F. The monoisotopic (exact) mass is 299 g/mol. The van der Waals surface area contributed by atoms with Gasteiger partial charge in [0.15, 0.2) is 0 Å². The average Bonchev–Trinajstić information content (AvgIpc) is 2.30. The molecular weight excluding hydrogens is 280 g/mol. The highest BCUT2D eigenvalue weighted by molar-refractivity contribution is 5.97. The molecule has 2 amide bonds. The quantitative estimate of drug-likeness (QED) is 0.831. The predicted molar refractivity (Wildman–Crippen MR) is 75.6 cm³/mol. The maximum Gasteiger partial charge on any atom is 0.257 e. The number of nitrogen functional groups attached to an aromatic ring is 1. The van der Waals surface area contributed by atoms with Gasteiger partial charge in [-0.1, -0.05) is 0 Å². The first-order valence-corrected chi connectivity index (χ1v) is 6.32. The van der Waals surface area contributed by atoms with Crippen LogP contribution in [0.2, 0.25) is 0 Å². The Morgan fingerprint density at radius 1 is 1.24 bits per heavy atom. The van der Waals surface area contributed by atoms with Gasteiger partial charge in [0.25, 0.3) is 5.91 Å². The summed E-state index contributed by atoms with van der Waals surface area (Å²) in [7, 11) is 1.35. The molecular formula is C14H19F2N3O2. The molecule has 0 bridgehead atoms. The van der Waals surface area contributed by atoms with E-state index in [2.05, 4.69) is 5.32 Å². The van der Waals surface area contributed by atoms with Crippen molar-refractivity contribution in [1.82, 2.24) is 10.2 Å². The summed E-state index contributed by atoms with van der Waals surface area (Å²) in [6.07, 6.45) is 0. The number of nitrogens with zero attached hydrogens (tertiary/aromatic N) is 1. The zero-order valence-corrected chi connectivity index (χ0v) is 12.5. The largest absolute Gasteiger partial charge is 0.396 e. The lowest BCUT2D eigenvalue weighted by atomic mass is 10.1. The van der Waals surface area contributed by atoms with Crippen molar-refractivity contribution in [3.63, 3.8) is 0 Å². The number of carbonyl (C=O) groups excluding carboxylic acids is 2. The Bertz CT molecular complexity index is 568. The molecule has 21 heavy (non-hydrogen) atoms. The van der Waals surface area contributed by atoms with Crippen molar-refractivity contribution >= 4 is 17.5 Å². The van der Waals surface area contributed by atoms with Crippen LogP contribution in [-0.2, 0) is 4.79 Å². The van der Waals surface area contributed by atoms with Crippen molar-refractivity contribution in [1.29, 1.82) is 0 Å². The van der Waals surface area contributed by atoms with E-state index in [1.54, 1.807) is 20.8 Å². The van der Waals surface area contributed by atoms with E-state index in [1.807, 2.05) is 0 Å². The van der Waals surface area contributed by atoms with Gasteiger partial charge in [0, 0.05) is 18.7 Å². The Balaban J connectivity index is 2.84. The number of nitrogens with one attached hydrogen (secondary N) is 1. The van der Waals surface area contributed by atoms with Crippen molar-refractivity contribution in [2.75, 3.05) is 19.3 Å². The van der Waals surface area contributed by atoms with Crippen molar-refractivity contribution in [2.45, 2.75) is 26.3 Å². The Morgan fingerprint density at radius 3 is 2.33 bits per heavy atom. The summed E-state index contributed by atoms with van der Waals surface area (Å²) >= 11 is 0. The number of carbonyl (C=O) groups is 2. The number of rotatable bonds is 3. The fraction of sp³-hybridized carbons (Fsp3) is 0.429. The molecule has 5 nitrogen and oxygen atoms in total. The molecule has 3 N–H and O–H groups in total. The van der Waals surface area contributed by atoms with Crippen LogP contribution in [-0.4, -0.2) is 35.8 Å². The van der Waals surface area contributed by atoms with Crippen molar-refractivity contribution in [3.8, 4) is 0 Å². The lowest BCUT2D eigenvalue weighted by molar-refractivity contribution is -0.122. The molecule has 0 radical (unpaired) electrons. The Labute approximate surface area is 122 Å². The number of nitrogens with two attached hydrogens (primary N) is 1. The molecule has 0 saturated carbocycles. The van der Waals surface area contributed by atoms with Crippen molar-refractivity contribution < 1.29 is 18.4 Å². The van der Waals surface area contributed by atoms with Gasteiger partial charge in [-0.25, -0.2) is 8.78 Å². The van der Waals surface area contributed by atoms with Gasteiger partial charge >= 0.3 is 0 Å². The second-order valence-corrected chi connectivity index (χ2v) is 5.81. The highest BCUT2D eigenvalue weighted by Gasteiger charge is 2.22. The molecule has 0 heterocycles. The minimum Gasteiger partial charge on any atom is -0.396 e. The molecule has 0 saturated heterocycles. The van der Waals surface area contributed by atoms with Gasteiger partial charge in [-0.05, 0) is 26.8 Å². The molecule has 0 aliphatic heterocycles. The summed E-state index contributed by atoms with van der Waals surface area (Å²) < 4.78 is 26.7.